The lowest BCUT2D eigenvalue weighted by molar-refractivity contribution is 0.465. The summed E-state index contributed by atoms with van der Waals surface area (Å²) >= 11 is 0. The molecule has 3 N–H and O–H groups in total. The van der Waals surface area contributed by atoms with Crippen LogP contribution in [0.4, 0.5) is 0 Å². The highest BCUT2D eigenvalue weighted by atomic mass is 35.5. The van der Waals surface area contributed by atoms with Crippen LogP contribution in [0.2, 0.25) is 0 Å². The standard InChI is InChI=1S/C14H24N2O2S.ClH/c1-11(2)8-14(9-15)16-19(17,18)10-13-7-5-4-6-12(13)3;/h4-7,11,14,16H,8-10,15H2,1-3H3;1H. The number of hydrogen-bond donors (Lipinski definition) is 2. The van der Waals surface area contributed by atoms with Crippen LogP contribution < -0.4 is 10.5 Å². The summed E-state index contributed by atoms with van der Waals surface area (Å²) < 4.78 is 27.0. The number of hydrogen-bond acceptors (Lipinski definition) is 3. The average molecular weight is 321 g/mol. The number of sulfonamides is 1. The van der Waals surface area contributed by atoms with E-state index in [-0.39, 0.29) is 24.2 Å². The highest BCUT2D eigenvalue weighted by Gasteiger charge is 2.18. The Bertz CT molecular complexity index is 504. The smallest absolute Gasteiger partial charge is 0.216 e. The molecule has 1 unspecified atom stereocenters. The molecule has 0 saturated carbocycles. The van der Waals surface area contributed by atoms with Gasteiger partial charge in [-0.05, 0) is 30.4 Å². The zero-order valence-corrected chi connectivity index (χ0v) is 13.9. The summed E-state index contributed by atoms with van der Waals surface area (Å²) in [6, 6.07) is 7.33. The first kappa shape index (κ1) is 19.4. The van der Waals surface area contributed by atoms with Gasteiger partial charge in [-0.25, -0.2) is 13.1 Å². The molecule has 0 radical (unpaired) electrons. The number of nitrogens with one attached hydrogen (secondary N) is 1. The molecule has 0 fully saturated rings. The third kappa shape index (κ3) is 6.70. The molecular formula is C14H25ClN2O2S. The second-order valence-corrected chi connectivity index (χ2v) is 7.12. The number of nitrogens with two attached hydrogens (primary N) is 1. The van der Waals surface area contributed by atoms with Crippen LogP contribution in [0.15, 0.2) is 24.3 Å². The Morgan fingerprint density at radius 1 is 1.25 bits per heavy atom. The quantitative estimate of drug-likeness (QED) is 0.809. The van der Waals surface area contributed by atoms with Gasteiger partial charge in [0.05, 0.1) is 5.75 Å². The largest absolute Gasteiger partial charge is 0.329 e. The molecule has 0 aliphatic carbocycles. The molecule has 0 saturated heterocycles. The second kappa shape index (κ2) is 8.62. The molecule has 0 aliphatic heterocycles. The van der Waals surface area contributed by atoms with Crippen LogP contribution >= 0.6 is 12.4 Å². The zero-order valence-electron chi connectivity index (χ0n) is 12.3. The van der Waals surface area contributed by atoms with E-state index in [0.29, 0.717) is 12.5 Å². The maximum absolute atomic E-state index is 12.1. The molecular weight excluding hydrogens is 296 g/mol. The van der Waals surface area contributed by atoms with Gasteiger partial charge >= 0.3 is 0 Å². The summed E-state index contributed by atoms with van der Waals surface area (Å²) in [5.74, 6) is 0.420. The lowest BCUT2D eigenvalue weighted by Crippen LogP contribution is -2.41. The molecule has 20 heavy (non-hydrogen) atoms. The van der Waals surface area contributed by atoms with E-state index in [9.17, 15) is 8.42 Å². The zero-order chi connectivity index (χ0) is 14.5. The molecule has 1 aromatic rings. The molecule has 0 spiro atoms. The van der Waals surface area contributed by atoms with Crippen LogP contribution in [0.3, 0.4) is 0 Å². The first-order valence-electron chi connectivity index (χ1n) is 6.58. The Balaban J connectivity index is 0.00000361. The second-order valence-electron chi connectivity index (χ2n) is 5.37. The van der Waals surface area contributed by atoms with Gasteiger partial charge < -0.3 is 5.73 Å². The minimum Gasteiger partial charge on any atom is -0.329 e. The van der Waals surface area contributed by atoms with Gasteiger partial charge in [0.25, 0.3) is 0 Å². The molecule has 0 aliphatic rings. The van der Waals surface area contributed by atoms with E-state index in [1.54, 1.807) is 0 Å². The molecule has 0 amide bonds. The maximum Gasteiger partial charge on any atom is 0.216 e. The van der Waals surface area contributed by atoms with Gasteiger partial charge in [0, 0.05) is 12.6 Å². The van der Waals surface area contributed by atoms with Crippen molar-refractivity contribution in [3.63, 3.8) is 0 Å². The summed E-state index contributed by atoms with van der Waals surface area (Å²) in [7, 11) is -3.34. The summed E-state index contributed by atoms with van der Waals surface area (Å²) in [6.07, 6.45) is 0.753. The third-order valence-electron chi connectivity index (χ3n) is 2.99. The Labute approximate surface area is 128 Å². The van der Waals surface area contributed by atoms with Crippen molar-refractivity contribution in [3.8, 4) is 0 Å². The lowest BCUT2D eigenvalue weighted by Gasteiger charge is -2.19. The SMILES string of the molecule is Cc1ccccc1CS(=O)(=O)NC(CN)CC(C)C.Cl. The predicted octanol–water partition coefficient (Wildman–Crippen LogP) is 2.21. The maximum atomic E-state index is 12.1. The van der Waals surface area contributed by atoms with E-state index in [4.69, 9.17) is 5.73 Å². The number of benzene rings is 1. The van der Waals surface area contributed by atoms with Gasteiger partial charge in [0.2, 0.25) is 10.0 Å². The van der Waals surface area contributed by atoms with Crippen molar-refractivity contribution in [2.24, 2.45) is 11.7 Å². The van der Waals surface area contributed by atoms with Gasteiger partial charge in [-0.2, -0.15) is 0 Å². The van der Waals surface area contributed by atoms with E-state index in [1.807, 2.05) is 31.2 Å². The fourth-order valence-corrected chi connectivity index (χ4v) is 3.55. The normalized spacial score (nSPS) is 13.1. The average Bonchev–Trinajstić information content (AvgIpc) is 2.30. The fourth-order valence-electron chi connectivity index (χ4n) is 2.03. The van der Waals surface area contributed by atoms with Gasteiger partial charge in [0.1, 0.15) is 0 Å². The highest BCUT2D eigenvalue weighted by molar-refractivity contribution is 7.88. The van der Waals surface area contributed by atoms with E-state index >= 15 is 0 Å². The molecule has 0 bridgehead atoms. The Kier molecular flexibility index (Phi) is 8.35. The summed E-state index contributed by atoms with van der Waals surface area (Å²) in [5.41, 5.74) is 7.44. The van der Waals surface area contributed by atoms with Crippen molar-refractivity contribution in [2.75, 3.05) is 6.54 Å². The van der Waals surface area contributed by atoms with Crippen LogP contribution in [0.5, 0.6) is 0 Å². The molecule has 116 valence electrons. The minimum absolute atomic E-state index is 0. The van der Waals surface area contributed by atoms with Gasteiger partial charge in [-0.15, -0.1) is 12.4 Å². The Hall–Kier alpha value is -0.620. The first-order valence-corrected chi connectivity index (χ1v) is 8.24. The van der Waals surface area contributed by atoms with Crippen LogP contribution in [0.25, 0.3) is 0 Å². The van der Waals surface area contributed by atoms with Crippen LogP contribution in [0, 0.1) is 12.8 Å². The van der Waals surface area contributed by atoms with Crippen molar-refractivity contribution in [1.82, 2.24) is 4.72 Å². The highest BCUT2D eigenvalue weighted by Crippen LogP contribution is 2.12. The van der Waals surface area contributed by atoms with E-state index in [0.717, 1.165) is 17.5 Å². The van der Waals surface area contributed by atoms with E-state index < -0.39 is 10.0 Å². The third-order valence-corrected chi connectivity index (χ3v) is 4.38. The Morgan fingerprint density at radius 2 is 1.85 bits per heavy atom. The lowest BCUT2D eigenvalue weighted by atomic mass is 10.1. The molecule has 1 aromatic carbocycles. The molecule has 6 heteroatoms. The van der Waals surface area contributed by atoms with Crippen molar-refractivity contribution >= 4 is 22.4 Å². The molecule has 1 atom stereocenters. The van der Waals surface area contributed by atoms with Crippen molar-refractivity contribution < 1.29 is 8.42 Å². The van der Waals surface area contributed by atoms with Crippen LogP contribution in [-0.2, 0) is 15.8 Å². The minimum atomic E-state index is -3.34. The van der Waals surface area contributed by atoms with Gasteiger partial charge in [0.15, 0.2) is 0 Å². The summed E-state index contributed by atoms with van der Waals surface area (Å²) in [6.45, 7) is 6.35. The van der Waals surface area contributed by atoms with E-state index in [2.05, 4.69) is 18.6 Å². The molecule has 4 nitrogen and oxygen atoms in total. The van der Waals surface area contributed by atoms with Crippen LogP contribution in [0.1, 0.15) is 31.4 Å². The Morgan fingerprint density at radius 3 is 2.35 bits per heavy atom. The van der Waals surface area contributed by atoms with Crippen molar-refractivity contribution in [1.29, 1.82) is 0 Å². The fraction of sp³-hybridized carbons (Fsp3) is 0.571. The van der Waals surface area contributed by atoms with E-state index in [1.165, 1.54) is 0 Å². The number of aryl methyl sites for hydroxylation is 1. The van der Waals surface area contributed by atoms with Gasteiger partial charge in [-0.3, -0.25) is 0 Å². The molecule has 0 aromatic heterocycles. The predicted molar refractivity (Wildman–Crippen MR) is 86.5 cm³/mol. The summed E-state index contributed by atoms with van der Waals surface area (Å²) in [5, 5.41) is 0. The van der Waals surface area contributed by atoms with Crippen molar-refractivity contribution in [2.45, 2.75) is 39.0 Å². The molecule has 1 rings (SSSR count). The summed E-state index contributed by atoms with van der Waals surface area (Å²) in [4.78, 5) is 0. The van der Waals surface area contributed by atoms with Crippen LogP contribution in [-0.4, -0.2) is 21.0 Å². The number of halogens is 1. The topological polar surface area (TPSA) is 72.2 Å². The molecule has 0 heterocycles. The first-order chi connectivity index (χ1) is 8.84. The number of rotatable bonds is 7. The van der Waals surface area contributed by atoms with Crippen molar-refractivity contribution in [3.05, 3.63) is 35.4 Å². The van der Waals surface area contributed by atoms with Gasteiger partial charge in [-0.1, -0.05) is 38.1 Å². The monoisotopic (exact) mass is 320 g/mol.